The van der Waals surface area contributed by atoms with E-state index in [1.165, 1.54) is 38.2 Å². The summed E-state index contributed by atoms with van der Waals surface area (Å²) in [6, 6.07) is 17.3. The van der Waals surface area contributed by atoms with E-state index in [0.29, 0.717) is 11.0 Å². The second-order valence-electron chi connectivity index (χ2n) is 9.45. The highest BCUT2D eigenvalue weighted by Gasteiger charge is 2.36. The van der Waals surface area contributed by atoms with Crippen LogP contribution in [0.4, 0.5) is 0 Å². The standard InChI is InChI=1S/C27H21BO3/c1-27(2)20-8-4-3-6-14(20)19-12-17-15-7-5-9-23-24(15)25-16(18(17)13-21(19)27)10-11-22(28(29)30)26(25)31-23/h3-4,6-8,10-13,29-30H,5,9H2,1-2H3. The van der Waals surface area contributed by atoms with Crippen molar-refractivity contribution in [3.05, 3.63) is 70.6 Å². The minimum Gasteiger partial charge on any atom is -0.461 e. The molecule has 4 heteroatoms. The molecule has 4 aromatic carbocycles. The van der Waals surface area contributed by atoms with Crippen LogP contribution >= 0.6 is 0 Å². The van der Waals surface area contributed by atoms with E-state index in [4.69, 9.17) is 4.42 Å². The molecule has 0 amide bonds. The average Bonchev–Trinajstić information content (AvgIpc) is 3.26. The largest absolute Gasteiger partial charge is 0.492 e. The molecule has 0 atom stereocenters. The molecule has 2 aliphatic carbocycles. The third-order valence-corrected chi connectivity index (χ3v) is 7.51. The Morgan fingerprint density at radius 1 is 0.871 bits per heavy atom. The summed E-state index contributed by atoms with van der Waals surface area (Å²) >= 11 is 0. The van der Waals surface area contributed by atoms with Crippen LogP contribution in [-0.4, -0.2) is 17.2 Å². The zero-order valence-electron chi connectivity index (χ0n) is 17.5. The Kier molecular flexibility index (Phi) is 3.17. The third kappa shape index (κ3) is 2.02. The predicted octanol–water partition coefficient (Wildman–Crippen LogP) is 4.17. The number of hydrogen-bond acceptors (Lipinski definition) is 3. The van der Waals surface area contributed by atoms with Crippen molar-refractivity contribution in [3.8, 4) is 11.1 Å². The Balaban J connectivity index is 1.72. The lowest BCUT2D eigenvalue weighted by atomic mass is 9.77. The smallest absolute Gasteiger partial charge is 0.461 e. The lowest BCUT2D eigenvalue weighted by Crippen LogP contribution is -2.30. The van der Waals surface area contributed by atoms with Crippen LogP contribution in [0.3, 0.4) is 0 Å². The highest BCUT2D eigenvalue weighted by atomic mass is 16.4. The normalized spacial score (nSPS) is 16.0. The maximum Gasteiger partial charge on any atom is 0.492 e. The van der Waals surface area contributed by atoms with Crippen LogP contribution in [0.2, 0.25) is 0 Å². The van der Waals surface area contributed by atoms with E-state index in [-0.39, 0.29) is 5.41 Å². The number of hydrogen-bond donors (Lipinski definition) is 2. The van der Waals surface area contributed by atoms with Gasteiger partial charge >= 0.3 is 7.12 Å². The van der Waals surface area contributed by atoms with Crippen molar-refractivity contribution in [2.24, 2.45) is 0 Å². The molecule has 0 bridgehead atoms. The maximum atomic E-state index is 9.93. The fourth-order valence-electron chi connectivity index (χ4n) is 6.05. The molecule has 0 aliphatic heterocycles. The van der Waals surface area contributed by atoms with E-state index >= 15 is 0 Å². The SMILES string of the molecule is CC1(C)c2ccccc2-c2cc3c4c5c(oc6c(B(O)O)ccc(c3cc21)c65)CCC=4. The zero-order valence-corrected chi connectivity index (χ0v) is 17.5. The number of aryl methyl sites for hydroxylation is 1. The fourth-order valence-corrected chi connectivity index (χ4v) is 6.05. The summed E-state index contributed by atoms with van der Waals surface area (Å²) in [6.07, 6.45) is 4.08. The molecule has 2 aliphatic rings. The van der Waals surface area contributed by atoms with Gasteiger partial charge in [-0.05, 0) is 62.2 Å². The number of furan rings is 1. The van der Waals surface area contributed by atoms with Crippen molar-refractivity contribution < 1.29 is 14.5 Å². The third-order valence-electron chi connectivity index (χ3n) is 7.51. The molecule has 2 N–H and O–H groups in total. The van der Waals surface area contributed by atoms with E-state index in [1.807, 2.05) is 6.07 Å². The van der Waals surface area contributed by atoms with E-state index < -0.39 is 7.12 Å². The van der Waals surface area contributed by atoms with Gasteiger partial charge < -0.3 is 14.5 Å². The molecule has 1 aromatic heterocycles. The molecule has 0 saturated heterocycles. The van der Waals surface area contributed by atoms with Crippen LogP contribution in [0.15, 0.2) is 52.9 Å². The highest BCUT2D eigenvalue weighted by molar-refractivity contribution is 6.62. The Bertz CT molecular complexity index is 1640. The molecule has 150 valence electrons. The first-order valence-electron chi connectivity index (χ1n) is 10.9. The van der Waals surface area contributed by atoms with Gasteiger partial charge in [-0.25, -0.2) is 0 Å². The minimum atomic E-state index is -1.55. The summed E-state index contributed by atoms with van der Waals surface area (Å²) < 4.78 is 6.24. The molecular formula is C27H21BO3. The van der Waals surface area contributed by atoms with Crippen molar-refractivity contribution in [3.63, 3.8) is 0 Å². The van der Waals surface area contributed by atoms with Crippen molar-refractivity contribution in [1.29, 1.82) is 0 Å². The molecule has 0 fully saturated rings. The lowest BCUT2D eigenvalue weighted by Gasteiger charge is -2.22. The van der Waals surface area contributed by atoms with E-state index in [0.717, 1.165) is 34.8 Å². The van der Waals surface area contributed by atoms with Gasteiger partial charge in [-0.2, -0.15) is 0 Å². The summed E-state index contributed by atoms with van der Waals surface area (Å²) in [7, 11) is -1.55. The van der Waals surface area contributed by atoms with Gasteiger partial charge in [0.15, 0.2) is 0 Å². The summed E-state index contributed by atoms with van der Waals surface area (Å²) in [5, 5.41) is 26.8. The Morgan fingerprint density at radius 3 is 2.55 bits per heavy atom. The first-order valence-corrected chi connectivity index (χ1v) is 10.9. The summed E-state index contributed by atoms with van der Waals surface area (Å²) in [5.41, 5.74) is 6.34. The van der Waals surface area contributed by atoms with Crippen molar-refractivity contribution in [1.82, 2.24) is 0 Å². The monoisotopic (exact) mass is 404 g/mol. The molecule has 0 spiro atoms. The van der Waals surface area contributed by atoms with Gasteiger partial charge in [0.1, 0.15) is 11.3 Å². The topological polar surface area (TPSA) is 53.6 Å². The summed E-state index contributed by atoms with van der Waals surface area (Å²) in [5.74, 6) is 0.953. The number of benzene rings is 4. The zero-order chi connectivity index (χ0) is 21.1. The predicted molar refractivity (Wildman–Crippen MR) is 127 cm³/mol. The highest BCUT2D eigenvalue weighted by Crippen LogP contribution is 2.50. The summed E-state index contributed by atoms with van der Waals surface area (Å²) in [4.78, 5) is 0. The molecule has 5 aromatic rings. The Labute approximate surface area is 179 Å². The first-order chi connectivity index (χ1) is 15.0. The number of fused-ring (bicyclic) bond motifs is 6. The first kappa shape index (κ1) is 17.6. The lowest BCUT2D eigenvalue weighted by molar-refractivity contribution is 0.425. The van der Waals surface area contributed by atoms with Crippen LogP contribution in [0.5, 0.6) is 0 Å². The van der Waals surface area contributed by atoms with Crippen molar-refractivity contribution in [2.75, 3.05) is 0 Å². The molecule has 7 rings (SSSR count). The van der Waals surface area contributed by atoms with Crippen LogP contribution in [-0.2, 0) is 11.8 Å². The van der Waals surface area contributed by atoms with Crippen molar-refractivity contribution >= 4 is 51.2 Å². The molecule has 31 heavy (non-hydrogen) atoms. The summed E-state index contributed by atoms with van der Waals surface area (Å²) in [6.45, 7) is 4.60. The van der Waals surface area contributed by atoms with Crippen LogP contribution in [0.25, 0.3) is 49.7 Å². The molecule has 0 unspecified atom stereocenters. The van der Waals surface area contributed by atoms with Crippen LogP contribution in [0, 0.1) is 0 Å². The molecule has 0 radical (unpaired) electrons. The maximum absolute atomic E-state index is 9.93. The Hall–Kier alpha value is -3.08. The minimum absolute atomic E-state index is 0.0654. The Morgan fingerprint density at radius 2 is 1.71 bits per heavy atom. The quantitative estimate of drug-likeness (QED) is 0.326. The molecule has 1 heterocycles. The van der Waals surface area contributed by atoms with Gasteiger partial charge in [0.05, 0.1) is 0 Å². The van der Waals surface area contributed by atoms with E-state index in [1.54, 1.807) is 6.07 Å². The van der Waals surface area contributed by atoms with Crippen LogP contribution < -0.4 is 10.7 Å². The van der Waals surface area contributed by atoms with Crippen LogP contribution in [0.1, 0.15) is 37.2 Å². The second kappa shape index (κ2) is 5.58. The number of rotatable bonds is 1. The average molecular weight is 404 g/mol. The fraction of sp³-hybridized carbons (Fsp3) is 0.185. The van der Waals surface area contributed by atoms with Crippen molar-refractivity contribution in [2.45, 2.75) is 32.1 Å². The van der Waals surface area contributed by atoms with Gasteiger partial charge in [-0.15, -0.1) is 0 Å². The molecule has 0 saturated carbocycles. The van der Waals surface area contributed by atoms with E-state index in [9.17, 15) is 10.0 Å². The molecular weight excluding hydrogens is 383 g/mol. The van der Waals surface area contributed by atoms with Gasteiger partial charge in [-0.1, -0.05) is 56.3 Å². The van der Waals surface area contributed by atoms with Gasteiger partial charge in [0.25, 0.3) is 0 Å². The van der Waals surface area contributed by atoms with Gasteiger partial charge in [0.2, 0.25) is 0 Å². The van der Waals surface area contributed by atoms with Gasteiger partial charge in [0, 0.05) is 28.1 Å². The second-order valence-corrected chi connectivity index (χ2v) is 9.45. The molecule has 3 nitrogen and oxygen atoms in total. The van der Waals surface area contributed by atoms with Gasteiger partial charge in [-0.3, -0.25) is 0 Å². The van der Waals surface area contributed by atoms with E-state index in [2.05, 4.69) is 56.3 Å².